The molecule has 0 saturated carbocycles. The average Bonchev–Trinajstić information content (AvgIpc) is 3.36. The third-order valence-corrected chi connectivity index (χ3v) is 7.73. The fourth-order valence-electron chi connectivity index (χ4n) is 5.65. The molecule has 5 aromatic rings. The molecule has 2 aromatic heterocycles. The van der Waals surface area contributed by atoms with Crippen LogP contribution < -0.4 is 15.8 Å². The summed E-state index contributed by atoms with van der Waals surface area (Å²) in [6.45, 7) is 1.78. The number of amides is 1. The standard InChI is InChI=1S/C31H29ClN4O2/c32-23-12-13-27-25(17-23)28(20-7-2-1-3-8-20)29(31(38)35-27)36-16-6-9-22(19-36)30(37)33-15-14-21-18-34-26-11-5-4-10-24(21)26/h1-5,7-8,10-13,17-18,22,34H,6,9,14-16,19H2,(H,33,37)(H,35,38). The van der Waals surface area contributed by atoms with Crippen LogP contribution in [0.5, 0.6) is 0 Å². The minimum atomic E-state index is -0.190. The molecule has 6 nitrogen and oxygen atoms in total. The fourth-order valence-corrected chi connectivity index (χ4v) is 5.82. The van der Waals surface area contributed by atoms with Crippen molar-refractivity contribution in [2.45, 2.75) is 19.3 Å². The van der Waals surface area contributed by atoms with E-state index in [4.69, 9.17) is 11.6 Å². The minimum absolute atomic E-state index is 0.0380. The van der Waals surface area contributed by atoms with E-state index in [1.165, 1.54) is 10.9 Å². The lowest BCUT2D eigenvalue weighted by molar-refractivity contribution is -0.125. The molecule has 1 aliphatic heterocycles. The summed E-state index contributed by atoms with van der Waals surface area (Å²) in [5.41, 5.74) is 5.29. The number of piperidine rings is 1. The van der Waals surface area contributed by atoms with E-state index >= 15 is 0 Å². The van der Waals surface area contributed by atoms with Crippen LogP contribution in [0.4, 0.5) is 5.69 Å². The number of nitrogens with zero attached hydrogens (tertiary/aromatic N) is 1. The molecule has 3 heterocycles. The second-order valence-electron chi connectivity index (χ2n) is 9.92. The lowest BCUT2D eigenvalue weighted by atomic mass is 9.94. The number of aromatic nitrogens is 2. The first kappa shape index (κ1) is 24.3. The zero-order chi connectivity index (χ0) is 26.1. The van der Waals surface area contributed by atoms with E-state index in [1.807, 2.05) is 60.8 Å². The molecule has 38 heavy (non-hydrogen) atoms. The number of halogens is 1. The van der Waals surface area contributed by atoms with Gasteiger partial charge < -0.3 is 20.2 Å². The number of hydrogen-bond acceptors (Lipinski definition) is 3. The Morgan fingerprint density at radius 3 is 2.68 bits per heavy atom. The van der Waals surface area contributed by atoms with Crippen molar-refractivity contribution >= 4 is 45.0 Å². The largest absolute Gasteiger partial charge is 0.366 e. The van der Waals surface area contributed by atoms with Gasteiger partial charge >= 0.3 is 0 Å². The monoisotopic (exact) mass is 524 g/mol. The Hall–Kier alpha value is -4.03. The molecule has 1 unspecified atom stereocenters. The van der Waals surface area contributed by atoms with E-state index in [9.17, 15) is 9.59 Å². The van der Waals surface area contributed by atoms with Crippen LogP contribution in [0.15, 0.2) is 83.8 Å². The molecular weight excluding hydrogens is 496 g/mol. The van der Waals surface area contributed by atoms with E-state index in [2.05, 4.69) is 32.3 Å². The van der Waals surface area contributed by atoms with Gasteiger partial charge in [0.2, 0.25) is 5.91 Å². The van der Waals surface area contributed by atoms with Crippen LogP contribution in [0, 0.1) is 5.92 Å². The molecule has 1 aliphatic rings. The van der Waals surface area contributed by atoms with Crippen molar-refractivity contribution in [1.29, 1.82) is 0 Å². The van der Waals surface area contributed by atoms with Gasteiger partial charge in [-0.25, -0.2) is 0 Å². The Balaban J connectivity index is 1.25. The summed E-state index contributed by atoms with van der Waals surface area (Å²) in [7, 11) is 0. The second kappa shape index (κ2) is 10.4. The maximum atomic E-state index is 13.5. The minimum Gasteiger partial charge on any atom is -0.366 e. The zero-order valence-corrected chi connectivity index (χ0v) is 21.7. The molecule has 0 spiro atoms. The highest BCUT2D eigenvalue weighted by molar-refractivity contribution is 6.31. The third kappa shape index (κ3) is 4.68. The van der Waals surface area contributed by atoms with Crippen LogP contribution in [-0.2, 0) is 11.2 Å². The van der Waals surface area contributed by atoms with Gasteiger partial charge in [0.15, 0.2) is 0 Å². The first-order chi connectivity index (χ1) is 18.6. The zero-order valence-electron chi connectivity index (χ0n) is 21.0. The van der Waals surface area contributed by atoms with Gasteiger partial charge in [0.05, 0.1) is 5.92 Å². The molecule has 0 aliphatic carbocycles. The summed E-state index contributed by atoms with van der Waals surface area (Å²) in [6.07, 6.45) is 4.41. The van der Waals surface area contributed by atoms with E-state index in [0.29, 0.717) is 30.3 Å². The topological polar surface area (TPSA) is 81.0 Å². The Bertz CT molecular complexity index is 1670. The van der Waals surface area contributed by atoms with Crippen molar-refractivity contribution < 1.29 is 4.79 Å². The summed E-state index contributed by atoms with van der Waals surface area (Å²) in [4.78, 5) is 35.1. The molecule has 3 N–H and O–H groups in total. The van der Waals surface area contributed by atoms with Crippen LogP contribution in [0.2, 0.25) is 5.02 Å². The molecule has 1 saturated heterocycles. The molecular formula is C31H29ClN4O2. The van der Waals surface area contributed by atoms with Gasteiger partial charge in [0.25, 0.3) is 5.56 Å². The average molecular weight is 525 g/mol. The number of nitrogens with one attached hydrogen (secondary N) is 3. The lowest BCUT2D eigenvalue weighted by Crippen LogP contribution is -2.45. The molecule has 3 aromatic carbocycles. The first-order valence-electron chi connectivity index (χ1n) is 13.1. The van der Waals surface area contributed by atoms with Gasteiger partial charge in [-0.1, -0.05) is 60.1 Å². The van der Waals surface area contributed by atoms with Crippen molar-refractivity contribution in [3.05, 3.63) is 99.9 Å². The normalized spacial score (nSPS) is 15.7. The number of carbonyl (C=O) groups is 1. The Kier molecular flexibility index (Phi) is 6.64. The number of rotatable bonds is 6. The van der Waals surface area contributed by atoms with Crippen molar-refractivity contribution in [2.75, 3.05) is 24.5 Å². The quantitative estimate of drug-likeness (QED) is 0.258. The highest BCUT2D eigenvalue weighted by atomic mass is 35.5. The molecule has 192 valence electrons. The summed E-state index contributed by atoms with van der Waals surface area (Å²) in [5, 5.41) is 5.83. The van der Waals surface area contributed by atoms with E-state index in [0.717, 1.165) is 46.8 Å². The molecule has 0 radical (unpaired) electrons. The van der Waals surface area contributed by atoms with Crippen LogP contribution >= 0.6 is 11.6 Å². The first-order valence-corrected chi connectivity index (χ1v) is 13.4. The Morgan fingerprint density at radius 2 is 1.82 bits per heavy atom. The second-order valence-corrected chi connectivity index (χ2v) is 10.4. The molecule has 1 fully saturated rings. The van der Waals surface area contributed by atoms with Gasteiger partial charge in [0, 0.05) is 58.2 Å². The SMILES string of the molecule is O=C(NCCc1c[nH]c2ccccc12)C1CCCN(c2c(-c3ccccc3)c3cc(Cl)ccc3[nH]c2=O)C1. The maximum Gasteiger partial charge on any atom is 0.272 e. The predicted octanol–water partition coefficient (Wildman–Crippen LogP) is 5.91. The molecule has 7 heteroatoms. The van der Waals surface area contributed by atoms with Gasteiger partial charge in [-0.05, 0) is 54.7 Å². The smallest absolute Gasteiger partial charge is 0.272 e. The van der Waals surface area contributed by atoms with Gasteiger partial charge in [0.1, 0.15) is 5.69 Å². The van der Waals surface area contributed by atoms with Crippen LogP contribution in [-0.4, -0.2) is 35.5 Å². The van der Waals surface area contributed by atoms with Crippen LogP contribution in [0.25, 0.3) is 32.9 Å². The predicted molar refractivity (Wildman–Crippen MR) is 155 cm³/mol. The summed E-state index contributed by atoms with van der Waals surface area (Å²) >= 11 is 6.38. The number of aromatic amines is 2. The number of anilines is 1. The van der Waals surface area contributed by atoms with Crippen molar-refractivity contribution in [3.63, 3.8) is 0 Å². The van der Waals surface area contributed by atoms with E-state index in [-0.39, 0.29) is 17.4 Å². The number of pyridine rings is 1. The fraction of sp³-hybridized carbons (Fsp3) is 0.226. The summed E-state index contributed by atoms with van der Waals surface area (Å²) in [6, 6.07) is 23.6. The highest BCUT2D eigenvalue weighted by Crippen LogP contribution is 2.37. The third-order valence-electron chi connectivity index (χ3n) is 7.49. The van der Waals surface area contributed by atoms with Crippen molar-refractivity contribution in [3.8, 4) is 11.1 Å². The highest BCUT2D eigenvalue weighted by Gasteiger charge is 2.29. The van der Waals surface area contributed by atoms with Crippen LogP contribution in [0.3, 0.4) is 0 Å². The Morgan fingerprint density at radius 1 is 1.00 bits per heavy atom. The number of para-hydroxylation sites is 1. The maximum absolute atomic E-state index is 13.5. The van der Waals surface area contributed by atoms with Gasteiger partial charge in [-0.2, -0.15) is 0 Å². The number of H-pyrrole nitrogens is 2. The van der Waals surface area contributed by atoms with Gasteiger partial charge in [-0.3, -0.25) is 9.59 Å². The van der Waals surface area contributed by atoms with Crippen molar-refractivity contribution in [2.24, 2.45) is 5.92 Å². The number of carbonyl (C=O) groups excluding carboxylic acids is 1. The van der Waals surface area contributed by atoms with E-state index < -0.39 is 0 Å². The summed E-state index contributed by atoms with van der Waals surface area (Å²) < 4.78 is 0. The molecule has 1 amide bonds. The van der Waals surface area contributed by atoms with Gasteiger partial charge in [-0.15, -0.1) is 0 Å². The lowest BCUT2D eigenvalue weighted by Gasteiger charge is -2.34. The summed E-state index contributed by atoms with van der Waals surface area (Å²) in [5.74, 6) is -0.152. The van der Waals surface area contributed by atoms with Crippen molar-refractivity contribution in [1.82, 2.24) is 15.3 Å². The Labute approximate surface area is 225 Å². The number of benzene rings is 3. The molecule has 0 bridgehead atoms. The number of fused-ring (bicyclic) bond motifs is 2. The molecule has 1 atom stereocenters. The van der Waals surface area contributed by atoms with E-state index in [1.54, 1.807) is 6.07 Å². The molecule has 6 rings (SSSR count). The number of hydrogen-bond donors (Lipinski definition) is 3. The van der Waals surface area contributed by atoms with Crippen LogP contribution in [0.1, 0.15) is 18.4 Å².